The van der Waals surface area contributed by atoms with Gasteiger partial charge in [-0.1, -0.05) is 6.07 Å². The van der Waals surface area contributed by atoms with Crippen LogP contribution < -0.4 is 10.2 Å². The molecule has 0 amide bonds. The van der Waals surface area contributed by atoms with Crippen LogP contribution in [0.15, 0.2) is 57.1 Å². The molecule has 0 fully saturated rings. The van der Waals surface area contributed by atoms with Crippen LogP contribution in [0, 0.1) is 0 Å². The van der Waals surface area contributed by atoms with Crippen LogP contribution in [-0.4, -0.2) is 26.4 Å². The highest BCUT2D eigenvalue weighted by molar-refractivity contribution is 7.12. The van der Waals surface area contributed by atoms with E-state index in [4.69, 9.17) is 9.15 Å². The molecule has 0 radical (unpaired) electrons. The molecule has 2 heterocycles. The van der Waals surface area contributed by atoms with Crippen LogP contribution in [0.2, 0.25) is 0 Å². The molecule has 4 aromatic rings. The summed E-state index contributed by atoms with van der Waals surface area (Å²) in [4.78, 5) is 25.7. The number of benzene rings is 2. The van der Waals surface area contributed by atoms with Crippen LogP contribution >= 0.6 is 11.3 Å². The van der Waals surface area contributed by atoms with Gasteiger partial charge < -0.3 is 29.6 Å². The molecule has 29 heavy (non-hydrogen) atoms. The molecule has 0 aliphatic carbocycles. The summed E-state index contributed by atoms with van der Waals surface area (Å²) in [6, 6.07) is 8.84. The quantitative estimate of drug-likeness (QED) is 0.296. The van der Waals surface area contributed by atoms with E-state index in [1.54, 1.807) is 11.4 Å². The van der Waals surface area contributed by atoms with Gasteiger partial charge in [-0.2, -0.15) is 0 Å². The Morgan fingerprint density at radius 2 is 1.76 bits per heavy atom. The maximum absolute atomic E-state index is 13.0. The molecule has 0 saturated heterocycles. The monoisotopic (exact) mass is 412 g/mol. The molecule has 4 rings (SSSR count). The van der Waals surface area contributed by atoms with Gasteiger partial charge in [0.1, 0.15) is 27.3 Å². The predicted octanol–water partition coefficient (Wildman–Crippen LogP) is 3.56. The van der Waals surface area contributed by atoms with Crippen molar-refractivity contribution in [3.05, 3.63) is 62.9 Å². The van der Waals surface area contributed by atoms with E-state index in [0.717, 1.165) is 29.5 Å². The second kappa shape index (κ2) is 6.88. The van der Waals surface area contributed by atoms with Crippen molar-refractivity contribution >= 4 is 28.3 Å². The van der Waals surface area contributed by atoms with Crippen LogP contribution in [0.25, 0.3) is 22.3 Å². The molecule has 146 valence electrons. The van der Waals surface area contributed by atoms with Gasteiger partial charge >= 0.3 is 5.97 Å². The number of fused-ring (bicyclic) bond motifs is 1. The molecular weight excluding hydrogens is 400 g/mol. The van der Waals surface area contributed by atoms with E-state index in [-0.39, 0.29) is 32.9 Å². The Labute approximate surface area is 166 Å². The maximum atomic E-state index is 13.0. The van der Waals surface area contributed by atoms with E-state index in [0.29, 0.717) is 0 Å². The number of phenolic OH excluding ortho intramolecular Hbond substituents is 4. The van der Waals surface area contributed by atoms with Gasteiger partial charge in [-0.15, -0.1) is 11.3 Å². The summed E-state index contributed by atoms with van der Waals surface area (Å²) in [5.74, 6) is -3.34. The van der Waals surface area contributed by atoms with Crippen molar-refractivity contribution in [3.8, 4) is 40.1 Å². The molecule has 2 aromatic carbocycles. The van der Waals surface area contributed by atoms with E-state index < -0.39 is 34.4 Å². The van der Waals surface area contributed by atoms with Crippen LogP contribution in [0.3, 0.4) is 0 Å². The minimum atomic E-state index is -0.851. The highest BCUT2D eigenvalue weighted by Gasteiger charge is 2.24. The summed E-state index contributed by atoms with van der Waals surface area (Å²) in [5.41, 5.74) is -0.890. The largest absolute Gasteiger partial charge is 0.508 e. The second-order valence-electron chi connectivity index (χ2n) is 6.00. The summed E-state index contributed by atoms with van der Waals surface area (Å²) in [6.07, 6.45) is 0. The molecule has 9 heteroatoms. The Kier molecular flexibility index (Phi) is 4.36. The smallest absolute Gasteiger partial charge is 0.353 e. The van der Waals surface area contributed by atoms with Crippen LogP contribution in [0.5, 0.6) is 28.7 Å². The van der Waals surface area contributed by atoms with Crippen LogP contribution in [-0.2, 0) is 0 Å². The van der Waals surface area contributed by atoms with Crippen LogP contribution in [0.1, 0.15) is 9.67 Å². The minimum absolute atomic E-state index is 0.121. The third-order valence-electron chi connectivity index (χ3n) is 4.07. The van der Waals surface area contributed by atoms with Crippen LogP contribution in [0.4, 0.5) is 0 Å². The predicted molar refractivity (Wildman–Crippen MR) is 104 cm³/mol. The number of thiophene rings is 1. The molecule has 4 N–H and O–H groups in total. The third-order valence-corrected chi connectivity index (χ3v) is 4.92. The lowest BCUT2D eigenvalue weighted by molar-refractivity contribution is 0.0736. The molecule has 0 saturated carbocycles. The van der Waals surface area contributed by atoms with Crippen molar-refractivity contribution in [1.82, 2.24) is 0 Å². The van der Waals surface area contributed by atoms with E-state index >= 15 is 0 Å². The molecule has 2 aromatic heterocycles. The zero-order chi connectivity index (χ0) is 20.7. The fourth-order valence-electron chi connectivity index (χ4n) is 2.75. The molecule has 0 spiro atoms. The number of aromatic hydroxyl groups is 4. The molecular formula is C20H12O8S. The van der Waals surface area contributed by atoms with E-state index in [1.165, 1.54) is 18.2 Å². The van der Waals surface area contributed by atoms with Crippen molar-refractivity contribution < 1.29 is 34.4 Å². The topological polar surface area (TPSA) is 137 Å². The first kappa shape index (κ1) is 18.4. The van der Waals surface area contributed by atoms with Gasteiger partial charge in [0.15, 0.2) is 17.3 Å². The van der Waals surface area contributed by atoms with Crippen molar-refractivity contribution in [3.63, 3.8) is 0 Å². The summed E-state index contributed by atoms with van der Waals surface area (Å²) in [7, 11) is 0. The Bertz CT molecular complexity index is 1300. The second-order valence-corrected chi connectivity index (χ2v) is 6.95. The number of ether oxygens (including phenoxy) is 1. The maximum Gasteiger partial charge on any atom is 0.353 e. The molecule has 0 aliphatic rings. The highest BCUT2D eigenvalue weighted by atomic mass is 32.1. The lowest BCUT2D eigenvalue weighted by Crippen LogP contribution is -2.15. The fourth-order valence-corrected chi connectivity index (χ4v) is 3.35. The standard InChI is InChI=1S/C20H12O8S/c21-10-7-13(24)16-14(8-10)27-18(9-3-4-11(22)12(23)6-9)19(17(16)25)28-20(26)15-2-1-5-29-15/h1-8,21-24H. The first-order chi connectivity index (χ1) is 13.8. The Morgan fingerprint density at radius 3 is 2.45 bits per heavy atom. The van der Waals surface area contributed by atoms with Gasteiger partial charge in [0.25, 0.3) is 0 Å². The molecule has 0 unspecified atom stereocenters. The summed E-state index contributed by atoms with van der Waals surface area (Å²) in [5, 5.41) is 40.5. The SMILES string of the molecule is O=C(Oc1c(-c2ccc(O)c(O)c2)oc2cc(O)cc(O)c2c1=O)c1cccs1. The van der Waals surface area contributed by atoms with Gasteiger partial charge in [0.05, 0.1) is 0 Å². The van der Waals surface area contributed by atoms with Crippen molar-refractivity contribution in [1.29, 1.82) is 0 Å². The van der Waals surface area contributed by atoms with Crippen molar-refractivity contribution in [2.24, 2.45) is 0 Å². The molecule has 8 nitrogen and oxygen atoms in total. The highest BCUT2D eigenvalue weighted by Crippen LogP contribution is 2.38. The van der Waals surface area contributed by atoms with E-state index in [2.05, 4.69) is 0 Å². The number of phenols is 4. The number of hydrogen-bond donors (Lipinski definition) is 4. The summed E-state index contributed by atoms with van der Waals surface area (Å²) >= 11 is 1.11. The Hall–Kier alpha value is -3.98. The summed E-state index contributed by atoms with van der Waals surface area (Å²) in [6.45, 7) is 0. The van der Waals surface area contributed by atoms with Crippen molar-refractivity contribution in [2.75, 3.05) is 0 Å². The number of carbonyl (C=O) groups is 1. The number of hydrogen-bond acceptors (Lipinski definition) is 9. The van der Waals surface area contributed by atoms with Crippen molar-refractivity contribution in [2.45, 2.75) is 0 Å². The first-order valence-electron chi connectivity index (χ1n) is 8.16. The van der Waals surface area contributed by atoms with E-state index in [1.807, 2.05) is 0 Å². The Morgan fingerprint density at radius 1 is 0.966 bits per heavy atom. The minimum Gasteiger partial charge on any atom is -0.508 e. The lowest BCUT2D eigenvalue weighted by Gasteiger charge is -2.11. The molecule has 0 aliphatic heterocycles. The van der Waals surface area contributed by atoms with Gasteiger partial charge in [-0.05, 0) is 29.6 Å². The number of esters is 1. The zero-order valence-corrected chi connectivity index (χ0v) is 15.3. The third kappa shape index (κ3) is 3.23. The summed E-state index contributed by atoms with van der Waals surface area (Å²) < 4.78 is 10.9. The average Bonchev–Trinajstić information content (AvgIpc) is 3.20. The molecule has 0 bridgehead atoms. The van der Waals surface area contributed by atoms with Gasteiger partial charge in [-0.3, -0.25) is 4.79 Å². The molecule has 0 atom stereocenters. The van der Waals surface area contributed by atoms with E-state index in [9.17, 15) is 30.0 Å². The number of rotatable bonds is 3. The van der Waals surface area contributed by atoms with Gasteiger partial charge in [0, 0.05) is 17.7 Å². The van der Waals surface area contributed by atoms with Gasteiger partial charge in [-0.25, -0.2) is 4.79 Å². The average molecular weight is 412 g/mol. The fraction of sp³-hybridized carbons (Fsp3) is 0. The zero-order valence-electron chi connectivity index (χ0n) is 14.4. The number of carbonyl (C=O) groups excluding carboxylic acids is 1. The Balaban J connectivity index is 1.99. The first-order valence-corrected chi connectivity index (χ1v) is 9.04. The van der Waals surface area contributed by atoms with Gasteiger partial charge in [0.2, 0.25) is 11.2 Å². The lowest BCUT2D eigenvalue weighted by atomic mass is 10.1. The normalized spacial score (nSPS) is 10.9.